The summed E-state index contributed by atoms with van der Waals surface area (Å²) in [6.45, 7) is 1.74. The van der Waals surface area contributed by atoms with E-state index >= 15 is 0 Å². The summed E-state index contributed by atoms with van der Waals surface area (Å²) >= 11 is 0. The van der Waals surface area contributed by atoms with Gasteiger partial charge in [-0.3, -0.25) is 19.7 Å². The number of hydrogen-bond donors (Lipinski definition) is 5. The number of carboxylic acid groups (broad SMARTS) is 1. The van der Waals surface area contributed by atoms with E-state index in [-0.39, 0.29) is 81.5 Å². The summed E-state index contributed by atoms with van der Waals surface area (Å²) in [6.07, 6.45) is -0.373. The Morgan fingerprint density at radius 3 is 1.98 bits per heavy atom. The van der Waals surface area contributed by atoms with Gasteiger partial charge in [-0.25, -0.2) is 18.0 Å². The highest BCUT2D eigenvalue weighted by Crippen LogP contribution is 2.17. The van der Waals surface area contributed by atoms with Gasteiger partial charge in [0.2, 0.25) is 11.8 Å². The maximum Gasteiger partial charge on any atom is 0.407 e. The fourth-order valence-electron chi connectivity index (χ4n) is 3.50. The van der Waals surface area contributed by atoms with Crippen molar-refractivity contribution in [2.24, 2.45) is 5.73 Å². The lowest BCUT2D eigenvalue weighted by molar-refractivity contribution is -0.384. The van der Waals surface area contributed by atoms with Gasteiger partial charge in [-0.05, 0) is 31.4 Å². The van der Waals surface area contributed by atoms with Crippen molar-refractivity contribution in [3.8, 4) is 0 Å². The number of ether oxygens (including phenoxy) is 5. The van der Waals surface area contributed by atoms with Crippen LogP contribution in [0.2, 0.25) is 0 Å². The van der Waals surface area contributed by atoms with E-state index < -0.39 is 45.2 Å². The summed E-state index contributed by atoms with van der Waals surface area (Å²) in [5.41, 5.74) is 5.00. The number of sulfone groups is 1. The number of unbranched alkanes of at least 4 members (excludes halogenated alkanes) is 1. The summed E-state index contributed by atoms with van der Waals surface area (Å²) in [5, 5.41) is 27.5. The molecule has 0 aliphatic heterocycles. The van der Waals surface area contributed by atoms with Crippen molar-refractivity contribution in [1.82, 2.24) is 16.0 Å². The quantitative estimate of drug-likeness (QED) is 0.0419. The number of alkyl carbamates (subject to hydrolysis) is 1. The highest BCUT2D eigenvalue weighted by molar-refractivity contribution is 7.91. The van der Waals surface area contributed by atoms with E-state index in [2.05, 4.69) is 16.0 Å². The third-order valence-electron chi connectivity index (χ3n) is 5.86. The van der Waals surface area contributed by atoms with Crippen molar-refractivity contribution in [3.63, 3.8) is 0 Å². The molecule has 1 aromatic carbocycles. The molecule has 0 heterocycles. The number of nitrogens with two attached hydrogens (primary N) is 1. The molecule has 0 saturated carbocycles. The fraction of sp³-hybridized carbons (Fsp3) is 0.630. The number of nitrogens with one attached hydrogen (secondary N) is 3. The molecule has 20 heteroatoms. The molecule has 3 amide bonds. The van der Waals surface area contributed by atoms with E-state index in [4.69, 9.17) is 29.4 Å². The molecule has 47 heavy (non-hydrogen) atoms. The van der Waals surface area contributed by atoms with Gasteiger partial charge in [-0.15, -0.1) is 0 Å². The molecular weight excluding hydrogens is 650 g/mol. The number of non-ortho nitro benzene ring substituents is 1. The van der Waals surface area contributed by atoms with Crippen molar-refractivity contribution in [3.05, 3.63) is 34.4 Å². The molecule has 19 nitrogen and oxygen atoms in total. The second-order valence-corrected chi connectivity index (χ2v) is 11.7. The van der Waals surface area contributed by atoms with Crippen LogP contribution < -0.4 is 21.7 Å². The van der Waals surface area contributed by atoms with Gasteiger partial charge >= 0.3 is 12.1 Å². The molecule has 6 N–H and O–H groups in total. The zero-order valence-corrected chi connectivity index (χ0v) is 26.7. The van der Waals surface area contributed by atoms with Gasteiger partial charge in [-0.1, -0.05) is 0 Å². The zero-order chi connectivity index (χ0) is 34.9. The van der Waals surface area contributed by atoms with Crippen LogP contribution in [0.1, 0.15) is 19.3 Å². The number of rotatable bonds is 27. The molecule has 0 spiro atoms. The molecule has 266 valence electrons. The van der Waals surface area contributed by atoms with Crippen molar-refractivity contribution < 1.29 is 61.3 Å². The highest BCUT2D eigenvalue weighted by atomic mass is 32.2. The van der Waals surface area contributed by atoms with Gasteiger partial charge in [0, 0.05) is 31.8 Å². The molecule has 1 unspecified atom stereocenters. The maximum atomic E-state index is 12.3. The first kappa shape index (κ1) is 41.1. The Labute approximate surface area is 271 Å². The SMILES string of the molecule is NCCOCCOCC(=O)NCCOCCOCC(=O)NCCCCC(NC(=O)OCCS(=O)(=O)c1ccc([N+](=O)[O-])cc1)C(=O)O. The van der Waals surface area contributed by atoms with E-state index in [0.717, 1.165) is 24.3 Å². The van der Waals surface area contributed by atoms with E-state index in [9.17, 15) is 42.8 Å². The summed E-state index contributed by atoms with van der Waals surface area (Å²) in [7, 11) is -3.91. The molecule has 0 fully saturated rings. The normalized spacial score (nSPS) is 11.8. The Kier molecular flexibility index (Phi) is 21.2. The standard InChI is InChI=1S/C27H43N5O14S/c28-8-11-42-13-15-44-20-25(34)30-10-12-43-14-16-45-19-24(33)29-9-2-1-3-23(26(35)36)31-27(37)46-17-18-47(40,41)22-6-4-21(5-7-22)32(38)39/h4-7,23H,1-3,8-20,28H2,(H,29,33)(H,30,34)(H,31,37)(H,35,36). The number of carboxylic acids is 1. The van der Waals surface area contributed by atoms with E-state index in [1.165, 1.54) is 0 Å². The number of nitrogens with zero attached hydrogens (tertiary/aromatic N) is 1. The van der Waals surface area contributed by atoms with E-state index in [1.54, 1.807) is 0 Å². The highest BCUT2D eigenvalue weighted by Gasteiger charge is 2.22. The van der Waals surface area contributed by atoms with Gasteiger partial charge in [0.05, 0.1) is 55.2 Å². The number of aliphatic carboxylic acids is 1. The van der Waals surface area contributed by atoms with Crippen LogP contribution in [0.3, 0.4) is 0 Å². The van der Waals surface area contributed by atoms with Crippen LogP contribution in [0, 0.1) is 10.1 Å². The van der Waals surface area contributed by atoms with Crippen LogP contribution in [0.4, 0.5) is 10.5 Å². The molecule has 0 aliphatic carbocycles. The Morgan fingerprint density at radius 2 is 1.40 bits per heavy atom. The van der Waals surface area contributed by atoms with Crippen LogP contribution in [0.5, 0.6) is 0 Å². The molecule has 0 aromatic heterocycles. The number of nitro groups is 1. The topological polar surface area (TPSA) is 274 Å². The van der Waals surface area contributed by atoms with Crippen LogP contribution >= 0.6 is 0 Å². The van der Waals surface area contributed by atoms with Crippen molar-refractivity contribution in [1.29, 1.82) is 0 Å². The molecule has 0 radical (unpaired) electrons. The number of benzene rings is 1. The predicted molar refractivity (Wildman–Crippen MR) is 163 cm³/mol. The first-order chi connectivity index (χ1) is 22.5. The first-order valence-corrected chi connectivity index (χ1v) is 16.3. The minimum absolute atomic E-state index is 0.0207. The summed E-state index contributed by atoms with van der Waals surface area (Å²) in [5.74, 6) is -2.61. The Bertz CT molecular complexity index is 1220. The summed E-state index contributed by atoms with van der Waals surface area (Å²) in [4.78, 5) is 56.8. The Balaban J connectivity index is 2.10. The van der Waals surface area contributed by atoms with E-state index in [0.29, 0.717) is 32.6 Å². The third-order valence-corrected chi connectivity index (χ3v) is 7.56. The van der Waals surface area contributed by atoms with Crippen LogP contribution in [0.25, 0.3) is 0 Å². The van der Waals surface area contributed by atoms with Crippen LogP contribution in [0.15, 0.2) is 29.2 Å². The van der Waals surface area contributed by atoms with Gasteiger partial charge in [0.1, 0.15) is 25.9 Å². The molecule has 0 aliphatic rings. The fourth-order valence-corrected chi connectivity index (χ4v) is 4.59. The number of hydrogen-bond acceptors (Lipinski definition) is 14. The Morgan fingerprint density at radius 1 is 0.830 bits per heavy atom. The molecule has 0 saturated heterocycles. The lowest BCUT2D eigenvalue weighted by Crippen LogP contribution is -2.41. The molecule has 1 aromatic rings. The smallest absolute Gasteiger partial charge is 0.407 e. The second kappa shape index (κ2) is 24.3. The van der Waals surface area contributed by atoms with Crippen LogP contribution in [-0.2, 0) is 47.9 Å². The van der Waals surface area contributed by atoms with Crippen molar-refractivity contribution in [2.75, 3.05) is 84.8 Å². The lowest BCUT2D eigenvalue weighted by Gasteiger charge is -2.15. The number of nitro benzene ring substituents is 1. The molecular formula is C27H43N5O14S. The van der Waals surface area contributed by atoms with Gasteiger partial charge in [-0.2, -0.15) is 0 Å². The second-order valence-electron chi connectivity index (χ2n) is 9.56. The van der Waals surface area contributed by atoms with E-state index in [1.807, 2.05) is 0 Å². The minimum atomic E-state index is -3.91. The van der Waals surface area contributed by atoms with Gasteiger partial charge in [0.25, 0.3) is 5.69 Å². The van der Waals surface area contributed by atoms with Crippen molar-refractivity contribution >= 4 is 39.4 Å². The monoisotopic (exact) mass is 693 g/mol. The third kappa shape index (κ3) is 20.0. The average molecular weight is 694 g/mol. The molecule has 1 atom stereocenters. The van der Waals surface area contributed by atoms with Crippen LogP contribution in [-0.4, -0.2) is 133 Å². The average Bonchev–Trinajstić information content (AvgIpc) is 3.03. The molecule has 0 bridgehead atoms. The number of carbonyl (C=O) groups excluding carboxylic acids is 3. The Hall–Kier alpha value is -3.95. The molecule has 1 rings (SSSR count). The minimum Gasteiger partial charge on any atom is -0.480 e. The van der Waals surface area contributed by atoms with Gasteiger partial charge in [0.15, 0.2) is 9.84 Å². The number of amides is 3. The number of carbonyl (C=O) groups is 4. The van der Waals surface area contributed by atoms with Gasteiger partial charge < -0.3 is 50.5 Å². The predicted octanol–water partition coefficient (Wildman–Crippen LogP) is -1.02. The van der Waals surface area contributed by atoms with Crippen molar-refractivity contribution in [2.45, 2.75) is 30.2 Å². The zero-order valence-electron chi connectivity index (χ0n) is 25.9. The maximum absolute atomic E-state index is 12.3. The first-order valence-electron chi connectivity index (χ1n) is 14.6. The largest absolute Gasteiger partial charge is 0.480 e. The summed E-state index contributed by atoms with van der Waals surface area (Å²) < 4.78 is 50.2. The summed E-state index contributed by atoms with van der Waals surface area (Å²) in [6, 6.07) is 2.89. The lowest BCUT2D eigenvalue weighted by atomic mass is 10.1.